The van der Waals surface area contributed by atoms with Crippen molar-refractivity contribution in [3.63, 3.8) is 0 Å². The van der Waals surface area contributed by atoms with E-state index in [1.165, 1.54) is 55.5 Å². The van der Waals surface area contributed by atoms with Gasteiger partial charge in [0, 0.05) is 21.0 Å². The van der Waals surface area contributed by atoms with Crippen LogP contribution in [0.5, 0.6) is 0 Å². The second-order valence-electron chi connectivity index (χ2n) is 9.85. The maximum atomic E-state index is 5.37. The summed E-state index contributed by atoms with van der Waals surface area (Å²) in [6, 6.07) is 31.7. The summed E-state index contributed by atoms with van der Waals surface area (Å²) in [7, 11) is 0. The minimum absolute atomic E-state index is 0.999. The Morgan fingerprint density at radius 1 is 0.657 bits per heavy atom. The summed E-state index contributed by atoms with van der Waals surface area (Å²) in [5, 5.41) is 1.22. The lowest BCUT2D eigenvalue weighted by Crippen LogP contribution is -2.02. The fourth-order valence-corrected chi connectivity index (χ4v) is 5.77. The standard InChI is InChI=1S/C33H28BrN/c1-21-16-22(2)29-20-31(27-4-3-5-28(34)19-27)33(35-32(29)17-21)30-18-25-11-10-23-6-8-24(9-7-23)12-14-26(30)15-13-25/h3-9,13,15-20H,10-12,14H2,1-2H3. The van der Waals surface area contributed by atoms with Gasteiger partial charge in [-0.2, -0.15) is 0 Å². The Morgan fingerprint density at radius 3 is 2.14 bits per heavy atom. The normalized spacial score (nSPS) is 13.1. The Kier molecular flexibility index (Phi) is 5.78. The summed E-state index contributed by atoms with van der Waals surface area (Å²) in [5.74, 6) is 0. The van der Waals surface area contributed by atoms with Crippen LogP contribution in [-0.4, -0.2) is 4.98 Å². The monoisotopic (exact) mass is 517 g/mol. The third-order valence-electron chi connectivity index (χ3n) is 7.26. The highest BCUT2D eigenvalue weighted by Gasteiger charge is 2.17. The van der Waals surface area contributed by atoms with Crippen molar-refractivity contribution in [2.24, 2.45) is 0 Å². The van der Waals surface area contributed by atoms with E-state index < -0.39 is 0 Å². The molecule has 0 aliphatic heterocycles. The van der Waals surface area contributed by atoms with Gasteiger partial charge in [-0.25, -0.2) is 4.98 Å². The molecule has 0 radical (unpaired) electrons. The minimum atomic E-state index is 0.999. The minimum Gasteiger partial charge on any atom is -0.247 e. The van der Waals surface area contributed by atoms with Crippen LogP contribution in [0.15, 0.2) is 89.4 Å². The van der Waals surface area contributed by atoms with Gasteiger partial charge in [-0.15, -0.1) is 0 Å². The third kappa shape index (κ3) is 4.44. The molecule has 0 saturated carbocycles. The fraction of sp³-hybridized carbons (Fsp3) is 0.182. The molecule has 4 aliphatic rings. The Hall–Kier alpha value is -3.23. The predicted octanol–water partition coefficient (Wildman–Crippen LogP) is 8.83. The van der Waals surface area contributed by atoms with Crippen molar-refractivity contribution < 1.29 is 0 Å². The number of nitrogens with zero attached hydrogens (tertiary/aromatic N) is 1. The molecule has 0 amide bonds. The zero-order chi connectivity index (χ0) is 23.9. The zero-order valence-corrected chi connectivity index (χ0v) is 21.8. The van der Waals surface area contributed by atoms with Crippen LogP contribution in [-0.2, 0) is 25.7 Å². The Morgan fingerprint density at radius 2 is 1.37 bits per heavy atom. The highest BCUT2D eigenvalue weighted by molar-refractivity contribution is 9.10. The number of rotatable bonds is 2. The number of hydrogen-bond donors (Lipinski definition) is 0. The number of pyridine rings is 1. The molecule has 35 heavy (non-hydrogen) atoms. The van der Waals surface area contributed by atoms with Crippen molar-refractivity contribution in [3.05, 3.63) is 123 Å². The zero-order valence-electron chi connectivity index (χ0n) is 20.2. The number of benzene rings is 4. The quantitative estimate of drug-likeness (QED) is 0.228. The maximum Gasteiger partial charge on any atom is 0.0790 e. The van der Waals surface area contributed by atoms with Gasteiger partial charge >= 0.3 is 0 Å². The Labute approximate surface area is 216 Å². The first-order valence-corrected chi connectivity index (χ1v) is 13.2. The van der Waals surface area contributed by atoms with Crippen LogP contribution in [0.4, 0.5) is 0 Å². The first kappa shape index (κ1) is 22.2. The van der Waals surface area contributed by atoms with Crippen LogP contribution in [0.3, 0.4) is 0 Å². The summed E-state index contributed by atoms with van der Waals surface area (Å²) >= 11 is 3.69. The molecule has 0 saturated heterocycles. The molecule has 0 unspecified atom stereocenters. The van der Waals surface area contributed by atoms with Crippen molar-refractivity contribution in [2.45, 2.75) is 39.5 Å². The molecule has 1 nitrogen and oxygen atoms in total. The molecular formula is C33H28BrN. The largest absolute Gasteiger partial charge is 0.247 e. The van der Waals surface area contributed by atoms with Gasteiger partial charge in [0.25, 0.3) is 0 Å². The van der Waals surface area contributed by atoms with E-state index >= 15 is 0 Å². The predicted molar refractivity (Wildman–Crippen MR) is 151 cm³/mol. The molecule has 9 rings (SSSR count). The fourth-order valence-electron chi connectivity index (χ4n) is 5.37. The van der Waals surface area contributed by atoms with Crippen molar-refractivity contribution >= 4 is 26.8 Å². The van der Waals surface area contributed by atoms with Crippen LogP contribution in [0.1, 0.15) is 33.4 Å². The number of aryl methyl sites for hydroxylation is 6. The van der Waals surface area contributed by atoms with E-state index in [2.05, 4.69) is 115 Å². The lowest BCUT2D eigenvalue weighted by molar-refractivity contribution is 0.922. The summed E-state index contributed by atoms with van der Waals surface area (Å²) in [4.78, 5) is 5.37. The van der Waals surface area contributed by atoms with Crippen LogP contribution < -0.4 is 0 Å². The Balaban J connectivity index is 1.60. The van der Waals surface area contributed by atoms with Gasteiger partial charge in [0.15, 0.2) is 0 Å². The second kappa shape index (κ2) is 9.09. The number of halogens is 1. The van der Waals surface area contributed by atoms with Crippen LogP contribution >= 0.6 is 15.9 Å². The third-order valence-corrected chi connectivity index (χ3v) is 7.75. The van der Waals surface area contributed by atoms with E-state index in [0.29, 0.717) is 0 Å². The van der Waals surface area contributed by atoms with Crippen LogP contribution in [0, 0.1) is 13.8 Å². The molecular weight excluding hydrogens is 490 g/mol. The summed E-state index contributed by atoms with van der Waals surface area (Å²) in [5.41, 5.74) is 13.9. The molecule has 1 heterocycles. The van der Waals surface area contributed by atoms with E-state index in [1.807, 2.05) is 0 Å². The highest BCUT2D eigenvalue weighted by atomic mass is 79.9. The maximum absolute atomic E-state index is 5.37. The van der Waals surface area contributed by atoms with Crippen LogP contribution in [0.25, 0.3) is 33.3 Å². The molecule has 4 aromatic carbocycles. The van der Waals surface area contributed by atoms with Gasteiger partial charge in [-0.05, 0) is 109 Å². The van der Waals surface area contributed by atoms with Gasteiger partial charge in [0.05, 0.1) is 11.2 Å². The number of aromatic nitrogens is 1. The molecule has 5 aromatic rings. The van der Waals surface area contributed by atoms with Gasteiger partial charge in [0.2, 0.25) is 0 Å². The summed E-state index contributed by atoms with van der Waals surface area (Å²) in [6.07, 6.45) is 4.12. The van der Waals surface area contributed by atoms with Gasteiger partial charge < -0.3 is 0 Å². The van der Waals surface area contributed by atoms with Crippen molar-refractivity contribution in [1.82, 2.24) is 4.98 Å². The van der Waals surface area contributed by atoms with E-state index in [9.17, 15) is 0 Å². The summed E-state index contributed by atoms with van der Waals surface area (Å²) in [6.45, 7) is 4.35. The molecule has 172 valence electrons. The van der Waals surface area contributed by atoms with E-state index in [0.717, 1.165) is 41.4 Å². The first-order valence-electron chi connectivity index (χ1n) is 12.4. The topological polar surface area (TPSA) is 12.9 Å². The smallest absolute Gasteiger partial charge is 0.0790 e. The van der Waals surface area contributed by atoms with Gasteiger partial charge in [0.1, 0.15) is 0 Å². The van der Waals surface area contributed by atoms with Crippen molar-refractivity contribution in [1.29, 1.82) is 0 Å². The highest BCUT2D eigenvalue weighted by Crippen LogP contribution is 2.38. The molecule has 0 spiro atoms. The molecule has 2 heteroatoms. The van der Waals surface area contributed by atoms with Crippen molar-refractivity contribution in [2.75, 3.05) is 0 Å². The van der Waals surface area contributed by atoms with Gasteiger partial charge in [-0.1, -0.05) is 70.5 Å². The number of fused-ring (bicyclic) bond motifs is 1. The lowest BCUT2D eigenvalue weighted by atomic mass is 9.89. The second-order valence-corrected chi connectivity index (χ2v) is 10.8. The summed E-state index contributed by atoms with van der Waals surface area (Å²) < 4.78 is 1.08. The average Bonchev–Trinajstić information content (AvgIpc) is 2.85. The average molecular weight is 518 g/mol. The molecule has 4 aliphatic carbocycles. The molecule has 0 fully saturated rings. The Bertz CT molecular complexity index is 1560. The molecule has 0 N–H and O–H groups in total. The SMILES string of the molecule is Cc1cc(C)c2cc(-c3cccc(Br)c3)c(-c3cc4ccc3CCc3ccc(cc3)CC4)nc2c1. The van der Waals surface area contributed by atoms with Gasteiger partial charge in [-0.3, -0.25) is 0 Å². The van der Waals surface area contributed by atoms with E-state index in [1.54, 1.807) is 0 Å². The van der Waals surface area contributed by atoms with E-state index in [-0.39, 0.29) is 0 Å². The van der Waals surface area contributed by atoms with E-state index in [4.69, 9.17) is 4.98 Å². The first-order chi connectivity index (χ1) is 17.0. The number of hydrogen-bond acceptors (Lipinski definition) is 1. The van der Waals surface area contributed by atoms with Crippen LogP contribution in [0.2, 0.25) is 0 Å². The molecule has 0 atom stereocenters. The molecule has 4 bridgehead atoms. The lowest BCUT2D eigenvalue weighted by Gasteiger charge is -2.18. The molecule has 1 aromatic heterocycles. The van der Waals surface area contributed by atoms with Crippen molar-refractivity contribution in [3.8, 4) is 22.4 Å².